The van der Waals surface area contributed by atoms with E-state index in [9.17, 15) is 14.7 Å². The van der Waals surface area contributed by atoms with Gasteiger partial charge < -0.3 is 15.3 Å². The number of hydrogen-bond acceptors (Lipinski definition) is 2. The van der Waals surface area contributed by atoms with E-state index < -0.39 is 12.0 Å². The Bertz CT molecular complexity index is 288. The third-order valence-corrected chi connectivity index (χ3v) is 3.57. The van der Waals surface area contributed by atoms with Crippen LogP contribution in [0.3, 0.4) is 0 Å². The number of carboxylic acids is 1. The highest BCUT2D eigenvalue weighted by Crippen LogP contribution is 2.26. The Kier molecular flexibility index (Phi) is 5.95. The van der Waals surface area contributed by atoms with Gasteiger partial charge in [0.1, 0.15) is 6.04 Å². The highest BCUT2D eigenvalue weighted by Gasteiger charge is 2.31. The van der Waals surface area contributed by atoms with Crippen molar-refractivity contribution in [3.05, 3.63) is 0 Å². The number of aliphatic carboxylic acids is 1. The molecular weight excluding hydrogens is 232 g/mol. The van der Waals surface area contributed by atoms with E-state index in [-0.39, 0.29) is 11.9 Å². The number of urea groups is 1. The summed E-state index contributed by atoms with van der Waals surface area (Å²) in [6.07, 6.45) is 5.96. The van der Waals surface area contributed by atoms with Gasteiger partial charge in [-0.05, 0) is 25.2 Å². The molecule has 1 rings (SSSR count). The molecule has 1 aliphatic carbocycles. The fraction of sp³-hybridized carbons (Fsp3) is 0.846. The maximum Gasteiger partial charge on any atom is 0.326 e. The van der Waals surface area contributed by atoms with E-state index in [1.807, 2.05) is 6.92 Å². The van der Waals surface area contributed by atoms with Crippen molar-refractivity contribution in [2.75, 3.05) is 13.6 Å². The molecule has 1 atom stereocenters. The van der Waals surface area contributed by atoms with Gasteiger partial charge in [-0.25, -0.2) is 9.59 Å². The number of carboxylic acid groups (broad SMARTS) is 1. The van der Waals surface area contributed by atoms with Crippen molar-refractivity contribution in [1.82, 2.24) is 10.2 Å². The number of nitrogens with zero attached hydrogens (tertiary/aromatic N) is 1. The first-order chi connectivity index (χ1) is 8.56. The molecule has 0 aliphatic heterocycles. The van der Waals surface area contributed by atoms with Crippen LogP contribution in [0.2, 0.25) is 0 Å². The molecule has 2 amide bonds. The monoisotopic (exact) mass is 256 g/mol. The fourth-order valence-corrected chi connectivity index (χ4v) is 2.53. The number of rotatable bonds is 5. The molecule has 2 N–H and O–H groups in total. The zero-order valence-electron chi connectivity index (χ0n) is 11.3. The summed E-state index contributed by atoms with van der Waals surface area (Å²) < 4.78 is 0. The summed E-state index contributed by atoms with van der Waals surface area (Å²) in [5.41, 5.74) is 0. The van der Waals surface area contributed by atoms with Crippen LogP contribution < -0.4 is 5.32 Å². The third-order valence-electron chi connectivity index (χ3n) is 3.57. The van der Waals surface area contributed by atoms with E-state index in [2.05, 4.69) is 5.32 Å². The van der Waals surface area contributed by atoms with Crippen molar-refractivity contribution in [3.8, 4) is 0 Å². The van der Waals surface area contributed by atoms with Crippen molar-refractivity contribution in [3.63, 3.8) is 0 Å². The van der Waals surface area contributed by atoms with Crippen LogP contribution in [0.25, 0.3) is 0 Å². The smallest absolute Gasteiger partial charge is 0.326 e. The lowest BCUT2D eigenvalue weighted by Crippen LogP contribution is -2.50. The van der Waals surface area contributed by atoms with E-state index in [1.54, 1.807) is 11.9 Å². The van der Waals surface area contributed by atoms with Crippen LogP contribution in [0.15, 0.2) is 0 Å². The molecule has 0 bridgehead atoms. The lowest BCUT2D eigenvalue weighted by Gasteiger charge is -2.29. The Morgan fingerprint density at radius 3 is 2.44 bits per heavy atom. The summed E-state index contributed by atoms with van der Waals surface area (Å²) in [6.45, 7) is 2.63. The Labute approximate surface area is 109 Å². The first kappa shape index (κ1) is 14.8. The van der Waals surface area contributed by atoms with E-state index >= 15 is 0 Å². The predicted octanol–water partition coefficient (Wildman–Crippen LogP) is 2.07. The molecule has 0 aromatic rings. The van der Waals surface area contributed by atoms with Crippen LogP contribution in [0.4, 0.5) is 4.79 Å². The van der Waals surface area contributed by atoms with Crippen molar-refractivity contribution < 1.29 is 14.7 Å². The van der Waals surface area contributed by atoms with Gasteiger partial charge in [0.2, 0.25) is 0 Å². The second-order valence-electron chi connectivity index (χ2n) is 5.09. The molecule has 5 nitrogen and oxygen atoms in total. The third kappa shape index (κ3) is 4.20. The molecule has 0 heterocycles. The Hall–Kier alpha value is -1.26. The van der Waals surface area contributed by atoms with Gasteiger partial charge in [0.15, 0.2) is 0 Å². The number of carbonyl (C=O) groups excluding carboxylic acids is 1. The van der Waals surface area contributed by atoms with E-state index in [4.69, 9.17) is 0 Å². The molecule has 0 radical (unpaired) electrons. The van der Waals surface area contributed by atoms with Gasteiger partial charge >= 0.3 is 12.0 Å². The van der Waals surface area contributed by atoms with Gasteiger partial charge in [-0.1, -0.05) is 26.2 Å². The number of nitrogens with one attached hydrogen (secondary N) is 1. The van der Waals surface area contributed by atoms with E-state index in [0.29, 0.717) is 6.54 Å². The quantitative estimate of drug-likeness (QED) is 0.791. The van der Waals surface area contributed by atoms with Crippen molar-refractivity contribution in [2.45, 2.75) is 51.5 Å². The van der Waals surface area contributed by atoms with Gasteiger partial charge in [0.05, 0.1) is 0 Å². The van der Waals surface area contributed by atoms with Crippen LogP contribution >= 0.6 is 0 Å². The van der Waals surface area contributed by atoms with Gasteiger partial charge in [-0.3, -0.25) is 0 Å². The molecule has 1 fully saturated rings. The Morgan fingerprint density at radius 2 is 1.94 bits per heavy atom. The minimum Gasteiger partial charge on any atom is -0.480 e. The summed E-state index contributed by atoms with van der Waals surface area (Å²) in [5.74, 6) is -0.838. The molecule has 1 aliphatic rings. The molecule has 1 saturated carbocycles. The molecule has 5 heteroatoms. The second-order valence-corrected chi connectivity index (χ2v) is 5.09. The molecule has 0 aromatic carbocycles. The number of carbonyl (C=O) groups is 2. The summed E-state index contributed by atoms with van der Waals surface area (Å²) >= 11 is 0. The summed E-state index contributed by atoms with van der Waals surface area (Å²) in [4.78, 5) is 24.7. The largest absolute Gasteiger partial charge is 0.480 e. The lowest BCUT2D eigenvalue weighted by atomic mass is 9.84. The van der Waals surface area contributed by atoms with Gasteiger partial charge in [0, 0.05) is 13.6 Å². The first-order valence-electron chi connectivity index (χ1n) is 6.80. The Balaban J connectivity index is 2.56. The molecule has 1 unspecified atom stereocenters. The average molecular weight is 256 g/mol. The predicted molar refractivity (Wildman–Crippen MR) is 69.5 cm³/mol. The molecule has 18 heavy (non-hydrogen) atoms. The summed E-state index contributed by atoms with van der Waals surface area (Å²) in [7, 11) is 1.69. The zero-order chi connectivity index (χ0) is 13.5. The summed E-state index contributed by atoms with van der Waals surface area (Å²) in [5, 5.41) is 11.9. The highest BCUT2D eigenvalue weighted by atomic mass is 16.4. The molecule has 0 saturated heterocycles. The normalized spacial score (nSPS) is 18.1. The Morgan fingerprint density at radius 1 is 1.33 bits per heavy atom. The van der Waals surface area contributed by atoms with Gasteiger partial charge in [-0.2, -0.15) is 0 Å². The highest BCUT2D eigenvalue weighted by molar-refractivity contribution is 5.82. The van der Waals surface area contributed by atoms with Crippen LogP contribution in [0.1, 0.15) is 45.4 Å². The number of amides is 2. The second kappa shape index (κ2) is 7.24. The maximum absolute atomic E-state index is 11.8. The molecular formula is C13H24N2O3. The van der Waals surface area contributed by atoms with Crippen LogP contribution in [-0.4, -0.2) is 41.6 Å². The van der Waals surface area contributed by atoms with E-state index in [1.165, 1.54) is 6.42 Å². The van der Waals surface area contributed by atoms with Gasteiger partial charge in [0.25, 0.3) is 0 Å². The molecule has 104 valence electrons. The number of hydrogen-bond donors (Lipinski definition) is 2. The van der Waals surface area contributed by atoms with E-state index in [0.717, 1.165) is 32.1 Å². The molecule has 0 aromatic heterocycles. The zero-order valence-corrected chi connectivity index (χ0v) is 11.3. The lowest BCUT2D eigenvalue weighted by molar-refractivity contribution is -0.141. The van der Waals surface area contributed by atoms with Crippen LogP contribution in [-0.2, 0) is 4.79 Å². The van der Waals surface area contributed by atoms with Crippen molar-refractivity contribution in [1.29, 1.82) is 0 Å². The van der Waals surface area contributed by atoms with Crippen molar-refractivity contribution in [2.24, 2.45) is 5.92 Å². The maximum atomic E-state index is 11.8. The summed E-state index contributed by atoms with van der Waals surface area (Å²) in [6, 6.07) is -1.02. The van der Waals surface area contributed by atoms with Crippen molar-refractivity contribution >= 4 is 12.0 Å². The first-order valence-corrected chi connectivity index (χ1v) is 6.80. The molecule has 0 spiro atoms. The fourth-order valence-electron chi connectivity index (χ4n) is 2.53. The standard InChI is InChI=1S/C13H24N2O3/c1-3-9-15(2)13(18)14-11(12(16)17)10-7-5-4-6-8-10/h10-11H,3-9H2,1-2H3,(H,14,18)(H,16,17). The van der Waals surface area contributed by atoms with Crippen LogP contribution in [0.5, 0.6) is 0 Å². The topological polar surface area (TPSA) is 69.6 Å². The average Bonchev–Trinajstić information content (AvgIpc) is 2.36. The minimum absolute atomic E-state index is 0.0789. The minimum atomic E-state index is -0.917. The van der Waals surface area contributed by atoms with Crippen LogP contribution in [0, 0.1) is 5.92 Å². The van der Waals surface area contributed by atoms with Gasteiger partial charge in [-0.15, -0.1) is 0 Å². The SMILES string of the molecule is CCCN(C)C(=O)NC(C(=O)O)C1CCCCC1.